The molecule has 4 N–H and O–H groups in total. The van der Waals surface area contributed by atoms with Gasteiger partial charge in [-0.15, -0.1) is 10.2 Å². The first-order valence-corrected chi connectivity index (χ1v) is 21.0. The van der Waals surface area contributed by atoms with Crippen LogP contribution in [0.1, 0.15) is 102 Å². The number of halogens is 2. The molecule has 0 saturated heterocycles. The number of aromatic nitrogens is 6. The van der Waals surface area contributed by atoms with Crippen LogP contribution in [0.15, 0.2) is 89.6 Å². The Hall–Kier alpha value is -7.96. The van der Waals surface area contributed by atoms with Gasteiger partial charge in [0.05, 0.1) is 57.0 Å². The number of rotatable bonds is 8. The summed E-state index contributed by atoms with van der Waals surface area (Å²) in [7, 11) is 0. The Bertz CT molecular complexity index is 2960. The fraction of sp³-hybridized carbons (Fsp3) is 0.292. The van der Waals surface area contributed by atoms with Crippen LogP contribution >= 0.6 is 0 Å². The third kappa shape index (κ3) is 12.2. The number of hydrogen-bond donors (Lipinski definition) is 4. The van der Waals surface area contributed by atoms with Crippen molar-refractivity contribution in [3.63, 3.8) is 0 Å². The van der Waals surface area contributed by atoms with Crippen molar-refractivity contribution in [2.75, 3.05) is 0 Å². The summed E-state index contributed by atoms with van der Waals surface area (Å²) >= 11 is 0. The first-order chi connectivity index (χ1) is 31.6. The van der Waals surface area contributed by atoms with E-state index in [1.54, 1.807) is 105 Å². The van der Waals surface area contributed by atoms with Gasteiger partial charge in [0.25, 0.3) is 5.91 Å². The molecule has 0 bridgehead atoms. The molecule has 2 aromatic carbocycles. The minimum absolute atomic E-state index is 0.0461. The van der Waals surface area contributed by atoms with Gasteiger partial charge in [0, 0.05) is 48.1 Å². The molecule has 17 nitrogen and oxygen atoms in total. The van der Waals surface area contributed by atoms with Crippen molar-refractivity contribution in [2.24, 2.45) is 0 Å². The Morgan fingerprint density at radius 2 is 1.13 bits per heavy atom. The summed E-state index contributed by atoms with van der Waals surface area (Å²) in [6.07, 6.45) is 1.93. The summed E-state index contributed by atoms with van der Waals surface area (Å²) in [5.41, 5.74) is 7.17. The highest BCUT2D eigenvalue weighted by Gasteiger charge is 2.30. The van der Waals surface area contributed by atoms with Gasteiger partial charge in [0.1, 0.15) is 22.8 Å². The Labute approximate surface area is 384 Å². The van der Waals surface area contributed by atoms with E-state index in [4.69, 9.17) is 18.9 Å². The first-order valence-electron chi connectivity index (χ1n) is 21.0. The van der Waals surface area contributed by atoms with E-state index in [1.807, 2.05) is 6.07 Å². The van der Waals surface area contributed by atoms with Crippen LogP contribution in [-0.2, 0) is 14.3 Å². The van der Waals surface area contributed by atoms with Crippen molar-refractivity contribution < 1.29 is 41.8 Å². The Kier molecular flexibility index (Phi) is 14.5. The second-order valence-electron chi connectivity index (χ2n) is 17.2. The molecule has 0 spiro atoms. The molecule has 348 valence electrons. The molecule has 0 radical (unpaired) electrons. The molecule has 2 unspecified atom stereocenters. The SMILES string of the molecule is CC(=O)NNC(=O)c1c(-c2ccccn2)c(C(C)NC(=O)OC(C)(C)C)nc2ccc(F)cc12.Cc1nnc(-c2c(-c3ccccn3)c(C(C)NC(=O)OC(C)(C)C)nc3ccc(F)cc23)o1. The van der Waals surface area contributed by atoms with Crippen LogP contribution in [0.5, 0.6) is 0 Å². The van der Waals surface area contributed by atoms with Gasteiger partial charge in [-0.2, -0.15) is 0 Å². The lowest BCUT2D eigenvalue weighted by molar-refractivity contribution is -0.119. The largest absolute Gasteiger partial charge is 0.444 e. The number of ether oxygens (including phenoxy) is 2. The van der Waals surface area contributed by atoms with E-state index in [0.29, 0.717) is 56.2 Å². The number of pyridine rings is 4. The van der Waals surface area contributed by atoms with Crippen LogP contribution in [0.25, 0.3) is 55.8 Å². The molecule has 7 rings (SSSR count). The normalized spacial score (nSPS) is 12.3. The van der Waals surface area contributed by atoms with Crippen molar-refractivity contribution in [3.8, 4) is 34.0 Å². The number of alkyl carbamates (subject to hydrolysis) is 2. The zero-order chi connectivity index (χ0) is 48.8. The number of hydrogen-bond acceptors (Lipinski definition) is 13. The summed E-state index contributed by atoms with van der Waals surface area (Å²) in [6.45, 7) is 17.0. The number of carbonyl (C=O) groups is 4. The maximum atomic E-state index is 14.3. The Morgan fingerprint density at radius 1 is 0.642 bits per heavy atom. The first kappa shape index (κ1) is 48.5. The van der Waals surface area contributed by atoms with Crippen molar-refractivity contribution >= 4 is 45.8 Å². The molecule has 0 aliphatic heterocycles. The zero-order valence-electron chi connectivity index (χ0n) is 38.5. The van der Waals surface area contributed by atoms with Crippen LogP contribution in [0, 0.1) is 18.6 Å². The highest BCUT2D eigenvalue weighted by Crippen LogP contribution is 2.41. The highest BCUT2D eigenvalue weighted by molar-refractivity contribution is 6.12. The molecule has 0 aliphatic rings. The van der Waals surface area contributed by atoms with Gasteiger partial charge < -0.3 is 24.5 Å². The quantitative estimate of drug-likeness (QED) is 0.104. The number of nitrogens with one attached hydrogen (secondary N) is 4. The van der Waals surface area contributed by atoms with Gasteiger partial charge in [-0.25, -0.2) is 28.3 Å². The van der Waals surface area contributed by atoms with E-state index in [-0.39, 0.29) is 22.4 Å². The summed E-state index contributed by atoms with van der Waals surface area (Å²) < 4.78 is 45.0. The lowest BCUT2D eigenvalue weighted by Crippen LogP contribution is -2.41. The molecule has 4 amide bonds. The number of nitrogens with zero attached hydrogens (tertiary/aromatic N) is 6. The van der Waals surface area contributed by atoms with Crippen LogP contribution in [0.3, 0.4) is 0 Å². The molecular weight excluding hydrogens is 867 g/mol. The molecular formula is C48H50F2N10O7. The van der Waals surface area contributed by atoms with Crippen LogP contribution in [0.2, 0.25) is 0 Å². The summed E-state index contributed by atoms with van der Waals surface area (Å²) in [4.78, 5) is 67.8. The molecule has 5 aromatic heterocycles. The predicted octanol–water partition coefficient (Wildman–Crippen LogP) is 9.18. The highest BCUT2D eigenvalue weighted by atomic mass is 19.1. The topological polar surface area (TPSA) is 225 Å². The monoisotopic (exact) mass is 916 g/mol. The molecule has 0 saturated carbocycles. The second kappa shape index (κ2) is 20.1. The van der Waals surface area contributed by atoms with Crippen LogP contribution < -0.4 is 21.5 Å². The fourth-order valence-electron chi connectivity index (χ4n) is 6.84. The number of fused-ring (bicyclic) bond motifs is 2. The van der Waals surface area contributed by atoms with E-state index in [0.717, 1.165) is 0 Å². The van der Waals surface area contributed by atoms with E-state index in [9.17, 15) is 28.0 Å². The average molecular weight is 917 g/mol. The second-order valence-corrected chi connectivity index (χ2v) is 17.2. The van der Waals surface area contributed by atoms with E-state index in [2.05, 4.69) is 46.6 Å². The minimum Gasteiger partial charge on any atom is -0.444 e. The number of carbonyl (C=O) groups excluding carboxylic acids is 4. The van der Waals surface area contributed by atoms with Crippen LogP contribution in [-0.4, -0.2) is 65.3 Å². The maximum absolute atomic E-state index is 14.3. The predicted molar refractivity (Wildman–Crippen MR) is 245 cm³/mol. The molecule has 5 heterocycles. The smallest absolute Gasteiger partial charge is 0.408 e. The van der Waals surface area contributed by atoms with Crippen LogP contribution in [0.4, 0.5) is 18.4 Å². The number of hydrazine groups is 1. The zero-order valence-corrected chi connectivity index (χ0v) is 38.5. The maximum Gasteiger partial charge on any atom is 0.408 e. The average Bonchev–Trinajstić information content (AvgIpc) is 3.69. The molecule has 2 atom stereocenters. The Balaban J connectivity index is 0.000000221. The summed E-state index contributed by atoms with van der Waals surface area (Å²) in [6, 6.07) is 17.4. The molecule has 0 fully saturated rings. The van der Waals surface area contributed by atoms with Gasteiger partial charge in [-0.3, -0.25) is 30.4 Å². The van der Waals surface area contributed by atoms with Crippen molar-refractivity contribution in [2.45, 2.75) is 92.5 Å². The molecule has 67 heavy (non-hydrogen) atoms. The number of benzene rings is 2. The number of amides is 4. The van der Waals surface area contributed by atoms with E-state index < -0.39 is 58.9 Å². The third-order valence-corrected chi connectivity index (χ3v) is 9.40. The number of aryl methyl sites for hydroxylation is 1. The summed E-state index contributed by atoms with van der Waals surface area (Å²) in [5.74, 6) is -1.61. The molecule has 0 aliphatic carbocycles. The van der Waals surface area contributed by atoms with Gasteiger partial charge in [-0.1, -0.05) is 12.1 Å². The van der Waals surface area contributed by atoms with Crippen molar-refractivity contribution in [1.82, 2.24) is 51.6 Å². The lowest BCUT2D eigenvalue weighted by atomic mass is 9.94. The van der Waals surface area contributed by atoms with Gasteiger partial charge in [-0.05, 0) is 116 Å². The van der Waals surface area contributed by atoms with Crippen molar-refractivity contribution in [3.05, 3.63) is 120 Å². The third-order valence-electron chi connectivity index (χ3n) is 9.40. The van der Waals surface area contributed by atoms with Gasteiger partial charge in [0.15, 0.2) is 0 Å². The molecule has 7 aromatic rings. The Morgan fingerprint density at radius 3 is 1.60 bits per heavy atom. The van der Waals surface area contributed by atoms with Crippen molar-refractivity contribution in [1.29, 1.82) is 0 Å². The molecule has 19 heteroatoms. The minimum atomic E-state index is -0.717. The van der Waals surface area contributed by atoms with E-state index in [1.165, 1.54) is 43.5 Å². The lowest BCUT2D eigenvalue weighted by Gasteiger charge is -2.24. The van der Waals surface area contributed by atoms with E-state index >= 15 is 0 Å². The fourth-order valence-corrected chi connectivity index (χ4v) is 6.84. The standard InChI is InChI=1S/C24H26FN5O4.C24H24FN5O3/c1-13(27-23(33)34-24(3,4)5)21-20(18-8-6-7-11-26-18)19(22(32)30-29-14(2)31)16-12-15(25)9-10-17(16)28-21;1-13(27-23(31)33-24(3,4)5)21-20(18-8-6-7-11-26-18)19(22-30-29-14(2)32-22)16-12-15(25)9-10-17(16)28-21/h6-13H,1-5H3,(H,27,33)(H,29,31)(H,30,32);6-13H,1-5H3,(H,27,31). The summed E-state index contributed by atoms with van der Waals surface area (Å²) in [5, 5.41) is 14.4. The van der Waals surface area contributed by atoms with Gasteiger partial charge >= 0.3 is 12.2 Å². The van der Waals surface area contributed by atoms with Gasteiger partial charge in [0.2, 0.25) is 17.7 Å².